The number of ether oxygens (including phenoxy) is 1. The molecule has 4 rings (SSSR count). The zero-order chi connectivity index (χ0) is 24.4. The van der Waals surface area contributed by atoms with Crippen LogP contribution >= 0.6 is 23.4 Å². The smallest absolute Gasteiger partial charge is 0.196 e. The summed E-state index contributed by atoms with van der Waals surface area (Å²) in [6, 6.07) is 15.1. The van der Waals surface area contributed by atoms with E-state index in [9.17, 15) is 9.59 Å². The number of aryl methyl sites for hydroxylation is 1. The van der Waals surface area contributed by atoms with Gasteiger partial charge >= 0.3 is 0 Å². The standard InChI is InChI=1S/C25H23ClN4O3S/c1-14-22(16(3)31)15(2)27-23(14)20(32)13-34-25-29-28-24(17-8-6-5-7-9-17)30(25)18-10-11-21(33-4)19(26)12-18/h5-12,27H,13H2,1-4H3. The third-order valence-corrected chi connectivity index (χ3v) is 6.68. The number of ketones is 2. The summed E-state index contributed by atoms with van der Waals surface area (Å²) in [6.45, 7) is 5.08. The number of aromatic nitrogens is 4. The molecule has 0 aliphatic carbocycles. The molecule has 0 saturated heterocycles. The molecule has 4 aromatic rings. The number of thioether (sulfide) groups is 1. The molecule has 2 aromatic carbocycles. The average Bonchev–Trinajstić information content (AvgIpc) is 3.38. The molecule has 0 aliphatic heterocycles. The molecule has 34 heavy (non-hydrogen) atoms. The van der Waals surface area contributed by atoms with E-state index in [1.165, 1.54) is 18.7 Å². The third kappa shape index (κ3) is 4.51. The van der Waals surface area contributed by atoms with Gasteiger partial charge in [-0.25, -0.2) is 0 Å². The van der Waals surface area contributed by atoms with Crippen molar-refractivity contribution in [3.63, 3.8) is 0 Å². The van der Waals surface area contributed by atoms with Gasteiger partial charge in [0.25, 0.3) is 0 Å². The molecule has 1 N–H and O–H groups in total. The van der Waals surface area contributed by atoms with E-state index in [2.05, 4.69) is 15.2 Å². The van der Waals surface area contributed by atoms with Gasteiger partial charge in [-0.1, -0.05) is 53.7 Å². The first kappa shape index (κ1) is 23.8. The molecule has 0 aliphatic rings. The van der Waals surface area contributed by atoms with Crippen LogP contribution in [0, 0.1) is 13.8 Å². The molecule has 7 nitrogen and oxygen atoms in total. The summed E-state index contributed by atoms with van der Waals surface area (Å²) in [7, 11) is 1.56. The van der Waals surface area contributed by atoms with Crippen LogP contribution in [-0.4, -0.2) is 44.2 Å². The van der Waals surface area contributed by atoms with Crippen LogP contribution in [-0.2, 0) is 0 Å². The number of hydrogen-bond donors (Lipinski definition) is 1. The molecule has 0 saturated carbocycles. The van der Waals surface area contributed by atoms with E-state index in [1.54, 1.807) is 33.1 Å². The van der Waals surface area contributed by atoms with Crippen molar-refractivity contribution in [2.24, 2.45) is 0 Å². The summed E-state index contributed by atoms with van der Waals surface area (Å²) < 4.78 is 7.15. The van der Waals surface area contributed by atoms with Gasteiger partial charge in [0.2, 0.25) is 0 Å². The number of carbonyl (C=O) groups is 2. The van der Waals surface area contributed by atoms with Crippen LogP contribution in [0.3, 0.4) is 0 Å². The Morgan fingerprint density at radius 1 is 1.12 bits per heavy atom. The highest BCUT2D eigenvalue weighted by atomic mass is 35.5. The number of aromatic amines is 1. The van der Waals surface area contributed by atoms with Gasteiger partial charge in [0, 0.05) is 16.8 Å². The van der Waals surface area contributed by atoms with E-state index < -0.39 is 0 Å². The van der Waals surface area contributed by atoms with Crippen molar-refractivity contribution in [3.8, 4) is 22.8 Å². The molecule has 0 amide bonds. The van der Waals surface area contributed by atoms with Crippen LogP contribution in [0.15, 0.2) is 53.7 Å². The van der Waals surface area contributed by atoms with Crippen LogP contribution in [0.25, 0.3) is 17.1 Å². The Hall–Kier alpha value is -3.36. The van der Waals surface area contributed by atoms with E-state index in [0.29, 0.717) is 44.3 Å². The Labute approximate surface area is 206 Å². The van der Waals surface area contributed by atoms with Crippen molar-refractivity contribution >= 4 is 34.9 Å². The second kappa shape index (κ2) is 9.87. The Morgan fingerprint density at radius 2 is 1.85 bits per heavy atom. The van der Waals surface area contributed by atoms with E-state index in [1.807, 2.05) is 41.0 Å². The van der Waals surface area contributed by atoms with Crippen molar-refractivity contribution < 1.29 is 14.3 Å². The van der Waals surface area contributed by atoms with Gasteiger partial charge in [-0.05, 0) is 44.5 Å². The number of hydrogen-bond acceptors (Lipinski definition) is 6. The molecular formula is C25H23ClN4O3S. The Balaban J connectivity index is 1.70. The summed E-state index contributed by atoms with van der Waals surface area (Å²) in [4.78, 5) is 28.0. The first-order chi connectivity index (χ1) is 16.3. The third-order valence-electron chi connectivity index (χ3n) is 5.46. The number of nitrogens with zero attached hydrogens (tertiary/aromatic N) is 3. The summed E-state index contributed by atoms with van der Waals surface area (Å²) >= 11 is 7.66. The number of halogens is 1. The highest BCUT2D eigenvalue weighted by Crippen LogP contribution is 2.32. The maximum absolute atomic E-state index is 13.0. The van der Waals surface area contributed by atoms with Crippen molar-refractivity contribution in [2.75, 3.05) is 12.9 Å². The number of H-pyrrole nitrogens is 1. The van der Waals surface area contributed by atoms with Crippen LogP contribution < -0.4 is 4.74 Å². The van der Waals surface area contributed by atoms with Gasteiger partial charge in [0.05, 0.1) is 29.3 Å². The molecule has 0 fully saturated rings. The molecule has 9 heteroatoms. The highest BCUT2D eigenvalue weighted by molar-refractivity contribution is 7.99. The monoisotopic (exact) mass is 494 g/mol. The predicted molar refractivity (Wildman–Crippen MR) is 134 cm³/mol. The number of carbonyl (C=O) groups excluding carboxylic acids is 2. The zero-order valence-corrected chi connectivity index (χ0v) is 20.8. The topological polar surface area (TPSA) is 89.9 Å². The number of methoxy groups -OCH3 is 1. The molecule has 0 bridgehead atoms. The Morgan fingerprint density at radius 3 is 2.47 bits per heavy atom. The lowest BCUT2D eigenvalue weighted by atomic mass is 10.1. The molecule has 2 aromatic heterocycles. The Bertz CT molecular complexity index is 1380. The molecule has 0 unspecified atom stereocenters. The minimum atomic E-state index is -0.123. The maximum Gasteiger partial charge on any atom is 0.196 e. The SMILES string of the molecule is COc1ccc(-n2c(SCC(=O)c3[nH]c(C)c(C(C)=O)c3C)nnc2-c2ccccc2)cc1Cl. The molecule has 174 valence electrons. The van der Waals surface area contributed by atoms with Crippen molar-refractivity contribution in [1.29, 1.82) is 0 Å². The van der Waals surface area contributed by atoms with E-state index in [0.717, 1.165) is 11.3 Å². The highest BCUT2D eigenvalue weighted by Gasteiger charge is 2.22. The van der Waals surface area contributed by atoms with Gasteiger partial charge in [0.15, 0.2) is 22.5 Å². The largest absolute Gasteiger partial charge is 0.495 e. The lowest BCUT2D eigenvalue weighted by molar-refractivity contribution is 0.101. The second-order valence-corrected chi connectivity index (χ2v) is 9.07. The minimum Gasteiger partial charge on any atom is -0.495 e. The van der Waals surface area contributed by atoms with Crippen LogP contribution in [0.4, 0.5) is 0 Å². The summed E-state index contributed by atoms with van der Waals surface area (Å²) in [6.07, 6.45) is 0. The quantitative estimate of drug-likeness (QED) is 0.249. The zero-order valence-electron chi connectivity index (χ0n) is 19.2. The van der Waals surface area contributed by atoms with Crippen LogP contribution in [0.5, 0.6) is 5.75 Å². The molecular weight excluding hydrogens is 472 g/mol. The van der Waals surface area contributed by atoms with Gasteiger partial charge in [-0.3, -0.25) is 14.2 Å². The molecule has 0 atom stereocenters. The Kier molecular flexibility index (Phi) is 6.90. The number of nitrogens with one attached hydrogen (secondary N) is 1. The van der Waals surface area contributed by atoms with E-state index >= 15 is 0 Å². The van der Waals surface area contributed by atoms with Crippen molar-refractivity contribution in [1.82, 2.24) is 19.7 Å². The van der Waals surface area contributed by atoms with Crippen LogP contribution in [0.1, 0.15) is 39.0 Å². The van der Waals surface area contributed by atoms with Gasteiger partial charge in [-0.2, -0.15) is 0 Å². The summed E-state index contributed by atoms with van der Waals surface area (Å²) in [5, 5.41) is 9.76. The van der Waals surface area contributed by atoms with Gasteiger partial charge < -0.3 is 9.72 Å². The number of rotatable bonds is 8. The summed E-state index contributed by atoms with van der Waals surface area (Å²) in [5.74, 6) is 1.11. The first-order valence-electron chi connectivity index (χ1n) is 10.5. The minimum absolute atomic E-state index is 0.0680. The molecule has 2 heterocycles. The van der Waals surface area contributed by atoms with Gasteiger partial charge in [-0.15, -0.1) is 10.2 Å². The van der Waals surface area contributed by atoms with Crippen molar-refractivity contribution in [3.05, 3.63) is 76.1 Å². The van der Waals surface area contributed by atoms with Crippen molar-refractivity contribution in [2.45, 2.75) is 25.9 Å². The van der Waals surface area contributed by atoms with Gasteiger partial charge in [0.1, 0.15) is 5.75 Å². The fourth-order valence-corrected chi connectivity index (χ4v) is 5.00. The van der Waals surface area contributed by atoms with E-state index in [4.69, 9.17) is 16.3 Å². The normalized spacial score (nSPS) is 11.0. The number of benzene rings is 2. The van der Waals surface area contributed by atoms with Crippen LogP contribution in [0.2, 0.25) is 5.02 Å². The average molecular weight is 495 g/mol. The lowest BCUT2D eigenvalue weighted by Gasteiger charge is -2.12. The van der Waals surface area contributed by atoms with E-state index in [-0.39, 0.29) is 17.3 Å². The molecule has 0 spiro atoms. The number of Topliss-reactive ketones (excluding diaryl/α,β-unsaturated/α-hetero) is 2. The maximum atomic E-state index is 13.0. The lowest BCUT2D eigenvalue weighted by Crippen LogP contribution is -2.07. The predicted octanol–water partition coefficient (Wildman–Crippen LogP) is 5.72. The molecule has 0 radical (unpaired) electrons. The fourth-order valence-electron chi connectivity index (χ4n) is 3.92. The fraction of sp³-hybridized carbons (Fsp3) is 0.200. The summed E-state index contributed by atoms with van der Waals surface area (Å²) in [5.41, 5.74) is 4.00. The second-order valence-electron chi connectivity index (χ2n) is 7.72. The first-order valence-corrected chi connectivity index (χ1v) is 11.9.